The number of amides is 2. The first-order valence-electron chi connectivity index (χ1n) is 7.59. The Morgan fingerprint density at radius 1 is 1.27 bits per heavy atom. The van der Waals surface area contributed by atoms with Crippen LogP contribution in [0, 0.1) is 9.49 Å². The summed E-state index contributed by atoms with van der Waals surface area (Å²) in [6, 6.07) is 5.67. The van der Waals surface area contributed by atoms with Crippen molar-refractivity contribution < 1.29 is 9.59 Å². The lowest BCUT2D eigenvalue weighted by molar-refractivity contribution is -0.126. The van der Waals surface area contributed by atoms with Gasteiger partial charge in [-0.1, -0.05) is 11.6 Å². The first-order chi connectivity index (χ1) is 10.5. The van der Waals surface area contributed by atoms with Crippen molar-refractivity contribution in [3.05, 3.63) is 32.4 Å². The zero-order valence-electron chi connectivity index (χ0n) is 12.1. The van der Waals surface area contributed by atoms with Gasteiger partial charge < -0.3 is 10.2 Å². The molecule has 1 aliphatic heterocycles. The summed E-state index contributed by atoms with van der Waals surface area (Å²) in [7, 11) is 0. The van der Waals surface area contributed by atoms with Crippen LogP contribution in [-0.4, -0.2) is 35.8 Å². The van der Waals surface area contributed by atoms with Gasteiger partial charge in [0.25, 0.3) is 5.91 Å². The second kappa shape index (κ2) is 6.74. The molecule has 4 nitrogen and oxygen atoms in total. The number of hydrogen-bond donors (Lipinski definition) is 1. The number of nitrogens with one attached hydrogen (secondary N) is 1. The smallest absolute Gasteiger partial charge is 0.253 e. The number of nitrogens with zero attached hydrogens (tertiary/aromatic N) is 1. The lowest BCUT2D eigenvalue weighted by Gasteiger charge is -2.32. The molecular weight excluding hydrogens is 415 g/mol. The van der Waals surface area contributed by atoms with E-state index in [0.717, 1.165) is 29.3 Å². The summed E-state index contributed by atoms with van der Waals surface area (Å²) in [6.45, 7) is 1.22. The molecule has 2 aliphatic rings. The van der Waals surface area contributed by atoms with Crippen molar-refractivity contribution in [2.45, 2.75) is 31.7 Å². The third kappa shape index (κ3) is 3.74. The Balaban J connectivity index is 1.66. The van der Waals surface area contributed by atoms with Crippen LogP contribution in [-0.2, 0) is 4.79 Å². The number of piperidine rings is 1. The molecule has 1 atom stereocenters. The Morgan fingerprint density at radius 2 is 2.05 bits per heavy atom. The topological polar surface area (TPSA) is 49.4 Å². The molecule has 1 aromatic rings. The van der Waals surface area contributed by atoms with Crippen LogP contribution in [0.25, 0.3) is 0 Å². The summed E-state index contributed by atoms with van der Waals surface area (Å²) in [5, 5.41) is 3.69. The number of benzene rings is 1. The monoisotopic (exact) mass is 432 g/mol. The van der Waals surface area contributed by atoms with E-state index in [4.69, 9.17) is 11.6 Å². The van der Waals surface area contributed by atoms with E-state index in [0.29, 0.717) is 29.7 Å². The number of hydrogen-bond acceptors (Lipinski definition) is 2. The molecule has 6 heteroatoms. The van der Waals surface area contributed by atoms with Crippen LogP contribution < -0.4 is 5.32 Å². The van der Waals surface area contributed by atoms with Crippen molar-refractivity contribution >= 4 is 46.0 Å². The predicted molar refractivity (Wildman–Crippen MR) is 94.0 cm³/mol. The maximum Gasteiger partial charge on any atom is 0.253 e. The molecule has 3 rings (SSSR count). The van der Waals surface area contributed by atoms with Gasteiger partial charge in [0.15, 0.2) is 0 Å². The summed E-state index contributed by atoms with van der Waals surface area (Å²) in [4.78, 5) is 26.6. The highest BCUT2D eigenvalue weighted by atomic mass is 127. The molecule has 118 valence electrons. The van der Waals surface area contributed by atoms with E-state index in [9.17, 15) is 9.59 Å². The van der Waals surface area contributed by atoms with Gasteiger partial charge in [0, 0.05) is 28.3 Å². The predicted octanol–water partition coefficient (Wildman–Crippen LogP) is 3.08. The molecule has 2 fully saturated rings. The van der Waals surface area contributed by atoms with Gasteiger partial charge in [-0.15, -0.1) is 0 Å². The van der Waals surface area contributed by atoms with Crippen LogP contribution in [0.2, 0.25) is 5.02 Å². The number of carbonyl (C=O) groups is 2. The first-order valence-corrected chi connectivity index (χ1v) is 9.05. The zero-order chi connectivity index (χ0) is 15.7. The van der Waals surface area contributed by atoms with Crippen LogP contribution >= 0.6 is 34.2 Å². The molecule has 2 amide bonds. The maximum atomic E-state index is 12.6. The second-order valence-corrected chi connectivity index (χ2v) is 7.57. The third-order valence-corrected chi connectivity index (χ3v) is 5.71. The van der Waals surface area contributed by atoms with Gasteiger partial charge in [0.05, 0.1) is 10.9 Å². The number of likely N-dealkylation sites (tertiary alicyclic amines) is 1. The van der Waals surface area contributed by atoms with Crippen molar-refractivity contribution in [2.24, 2.45) is 5.92 Å². The SMILES string of the molecule is O=C(NC1CC1)C1CCCN(C(=O)c2ccc(Cl)c(I)c2)C1. The average molecular weight is 433 g/mol. The van der Waals surface area contributed by atoms with E-state index < -0.39 is 0 Å². The van der Waals surface area contributed by atoms with Crippen LogP contribution in [0.1, 0.15) is 36.0 Å². The molecule has 0 spiro atoms. The fraction of sp³-hybridized carbons (Fsp3) is 0.500. The molecule has 1 heterocycles. The molecule has 1 N–H and O–H groups in total. The van der Waals surface area contributed by atoms with Crippen LogP contribution in [0.3, 0.4) is 0 Å². The van der Waals surface area contributed by atoms with Gasteiger partial charge >= 0.3 is 0 Å². The standard InChI is InChI=1S/C16H18ClIN2O2/c17-13-6-3-10(8-14(13)18)16(22)20-7-1-2-11(9-20)15(21)19-12-4-5-12/h3,6,8,11-12H,1-2,4-5,7,9H2,(H,19,21). The largest absolute Gasteiger partial charge is 0.353 e. The Morgan fingerprint density at radius 3 is 2.73 bits per heavy atom. The van der Waals surface area contributed by atoms with E-state index in [1.807, 2.05) is 0 Å². The van der Waals surface area contributed by atoms with E-state index in [1.54, 1.807) is 23.1 Å². The third-order valence-electron chi connectivity index (χ3n) is 4.17. The number of carbonyl (C=O) groups excluding carboxylic acids is 2. The fourth-order valence-electron chi connectivity index (χ4n) is 2.73. The highest BCUT2D eigenvalue weighted by molar-refractivity contribution is 14.1. The highest BCUT2D eigenvalue weighted by Crippen LogP contribution is 2.24. The average Bonchev–Trinajstić information content (AvgIpc) is 3.33. The van der Waals surface area contributed by atoms with Crippen molar-refractivity contribution in [3.8, 4) is 0 Å². The lowest BCUT2D eigenvalue weighted by atomic mass is 9.96. The molecule has 0 radical (unpaired) electrons. The molecular formula is C16H18ClIN2O2. The number of rotatable bonds is 3. The quantitative estimate of drug-likeness (QED) is 0.746. The molecule has 1 unspecified atom stereocenters. The van der Waals surface area contributed by atoms with Gasteiger partial charge in [-0.3, -0.25) is 9.59 Å². The zero-order valence-corrected chi connectivity index (χ0v) is 15.1. The molecule has 1 aliphatic carbocycles. The molecule has 1 saturated carbocycles. The Bertz CT molecular complexity index is 604. The highest BCUT2D eigenvalue weighted by Gasteiger charge is 2.32. The van der Waals surface area contributed by atoms with Gasteiger partial charge in [0.1, 0.15) is 0 Å². The second-order valence-electron chi connectivity index (χ2n) is 6.00. The summed E-state index contributed by atoms with van der Waals surface area (Å²) in [5.41, 5.74) is 0.636. The Hall–Kier alpha value is -0.820. The van der Waals surface area contributed by atoms with Gasteiger partial charge in [-0.2, -0.15) is 0 Å². The number of halogens is 2. The fourth-order valence-corrected chi connectivity index (χ4v) is 3.37. The van der Waals surface area contributed by atoms with E-state index in [-0.39, 0.29) is 17.7 Å². The lowest BCUT2D eigenvalue weighted by Crippen LogP contribution is -2.45. The van der Waals surface area contributed by atoms with Crippen molar-refractivity contribution in [1.29, 1.82) is 0 Å². The van der Waals surface area contributed by atoms with Crippen molar-refractivity contribution in [3.63, 3.8) is 0 Å². The maximum absolute atomic E-state index is 12.6. The normalized spacial score (nSPS) is 21.5. The van der Waals surface area contributed by atoms with E-state index >= 15 is 0 Å². The van der Waals surface area contributed by atoms with Crippen LogP contribution in [0.4, 0.5) is 0 Å². The molecule has 0 aromatic heterocycles. The minimum absolute atomic E-state index is 0.0153. The van der Waals surface area contributed by atoms with Crippen molar-refractivity contribution in [1.82, 2.24) is 10.2 Å². The minimum atomic E-state index is -0.0790. The van der Waals surface area contributed by atoms with Gasteiger partial charge in [-0.05, 0) is 66.5 Å². The van der Waals surface area contributed by atoms with E-state index in [1.165, 1.54) is 0 Å². The molecule has 1 saturated heterocycles. The van der Waals surface area contributed by atoms with Gasteiger partial charge in [0.2, 0.25) is 5.91 Å². The van der Waals surface area contributed by atoms with Crippen molar-refractivity contribution in [2.75, 3.05) is 13.1 Å². The van der Waals surface area contributed by atoms with Crippen LogP contribution in [0.5, 0.6) is 0 Å². The minimum Gasteiger partial charge on any atom is -0.353 e. The Kier molecular flexibility index (Phi) is 4.92. The molecule has 22 heavy (non-hydrogen) atoms. The van der Waals surface area contributed by atoms with Crippen LogP contribution in [0.15, 0.2) is 18.2 Å². The summed E-state index contributed by atoms with van der Waals surface area (Å²) < 4.78 is 0.866. The summed E-state index contributed by atoms with van der Waals surface area (Å²) >= 11 is 8.13. The molecule has 1 aromatic carbocycles. The van der Waals surface area contributed by atoms with Gasteiger partial charge in [-0.25, -0.2) is 0 Å². The molecule has 0 bridgehead atoms. The first kappa shape index (κ1) is 16.1. The van der Waals surface area contributed by atoms with E-state index in [2.05, 4.69) is 27.9 Å². The summed E-state index contributed by atoms with van der Waals surface area (Å²) in [5.74, 6) is 0.00821. The Labute approximate surface area is 148 Å². The summed E-state index contributed by atoms with van der Waals surface area (Å²) in [6.07, 6.45) is 3.91.